The number of rotatable bonds is 6. The maximum absolute atomic E-state index is 12.3. The van der Waals surface area contributed by atoms with Crippen LogP contribution in [-0.4, -0.2) is 22.8 Å². The second kappa shape index (κ2) is 9.41. The second-order valence-electron chi connectivity index (χ2n) is 6.26. The average Bonchev–Trinajstić information content (AvgIpc) is 2.71. The number of anilines is 3. The first-order valence-electron chi connectivity index (χ1n) is 8.76. The summed E-state index contributed by atoms with van der Waals surface area (Å²) >= 11 is 11.6. The van der Waals surface area contributed by atoms with E-state index in [1.165, 1.54) is 6.20 Å². The summed E-state index contributed by atoms with van der Waals surface area (Å²) in [5.41, 5.74) is 1.89. The summed E-state index contributed by atoms with van der Waals surface area (Å²) in [6, 6.07) is 16.5. The SMILES string of the molecule is CC(Nc1ccc(NC(=O)c2ccc(Cl)cc2)cc1)C(=O)Nc1ccc(Cl)cn1. The first kappa shape index (κ1) is 20.6. The number of halogens is 2. The summed E-state index contributed by atoms with van der Waals surface area (Å²) in [4.78, 5) is 28.6. The van der Waals surface area contributed by atoms with Gasteiger partial charge in [0.05, 0.1) is 5.02 Å². The number of nitrogens with one attached hydrogen (secondary N) is 3. The van der Waals surface area contributed by atoms with Crippen LogP contribution in [0, 0.1) is 0 Å². The van der Waals surface area contributed by atoms with Crippen molar-refractivity contribution in [3.8, 4) is 0 Å². The molecule has 0 spiro atoms. The van der Waals surface area contributed by atoms with Gasteiger partial charge in [0.2, 0.25) is 5.91 Å². The number of amides is 2. The van der Waals surface area contributed by atoms with Crippen molar-refractivity contribution >= 4 is 52.2 Å². The molecule has 3 aromatic rings. The van der Waals surface area contributed by atoms with Crippen molar-refractivity contribution < 1.29 is 9.59 Å². The van der Waals surface area contributed by atoms with Gasteiger partial charge < -0.3 is 16.0 Å². The molecule has 0 fully saturated rings. The summed E-state index contributed by atoms with van der Waals surface area (Å²) in [7, 11) is 0. The van der Waals surface area contributed by atoms with Crippen LogP contribution < -0.4 is 16.0 Å². The number of pyridine rings is 1. The maximum atomic E-state index is 12.3. The summed E-state index contributed by atoms with van der Waals surface area (Å²) in [6.45, 7) is 1.74. The average molecular weight is 429 g/mol. The summed E-state index contributed by atoms with van der Waals surface area (Å²) < 4.78 is 0. The maximum Gasteiger partial charge on any atom is 0.255 e. The Kier molecular flexibility index (Phi) is 6.69. The molecule has 148 valence electrons. The molecule has 6 nitrogen and oxygen atoms in total. The van der Waals surface area contributed by atoms with Gasteiger partial charge in [-0.25, -0.2) is 4.98 Å². The fourth-order valence-electron chi connectivity index (χ4n) is 2.45. The van der Waals surface area contributed by atoms with E-state index >= 15 is 0 Å². The van der Waals surface area contributed by atoms with Gasteiger partial charge in [0.25, 0.3) is 5.91 Å². The zero-order valence-electron chi connectivity index (χ0n) is 15.4. The van der Waals surface area contributed by atoms with Crippen LogP contribution >= 0.6 is 23.2 Å². The lowest BCUT2D eigenvalue weighted by atomic mass is 10.2. The fraction of sp³-hybridized carbons (Fsp3) is 0.0952. The Balaban J connectivity index is 1.55. The Morgan fingerprint density at radius 3 is 2.07 bits per heavy atom. The number of aromatic nitrogens is 1. The highest BCUT2D eigenvalue weighted by Crippen LogP contribution is 2.17. The Labute approximate surface area is 178 Å². The standard InChI is InChI=1S/C21H18Cl2N4O2/c1-13(20(28)27-19-11-6-16(23)12-24-19)25-17-7-9-18(10-8-17)26-21(29)14-2-4-15(22)5-3-14/h2-13,25H,1H3,(H,26,29)(H,24,27,28). The summed E-state index contributed by atoms with van der Waals surface area (Å²) in [5.74, 6) is -0.0427. The van der Waals surface area contributed by atoms with Crippen molar-refractivity contribution in [3.63, 3.8) is 0 Å². The largest absolute Gasteiger partial charge is 0.374 e. The number of hydrogen-bond donors (Lipinski definition) is 3. The Morgan fingerprint density at radius 2 is 1.45 bits per heavy atom. The lowest BCUT2D eigenvalue weighted by molar-refractivity contribution is -0.116. The van der Waals surface area contributed by atoms with E-state index in [1.807, 2.05) is 0 Å². The molecular formula is C21H18Cl2N4O2. The van der Waals surface area contributed by atoms with Crippen molar-refractivity contribution in [1.29, 1.82) is 0 Å². The zero-order valence-corrected chi connectivity index (χ0v) is 17.0. The van der Waals surface area contributed by atoms with Crippen LogP contribution in [0.5, 0.6) is 0 Å². The molecule has 0 aliphatic rings. The molecule has 0 bridgehead atoms. The van der Waals surface area contributed by atoms with Gasteiger partial charge >= 0.3 is 0 Å². The van der Waals surface area contributed by atoms with Gasteiger partial charge in [0.1, 0.15) is 11.9 Å². The monoisotopic (exact) mass is 428 g/mol. The first-order valence-corrected chi connectivity index (χ1v) is 9.52. The van der Waals surface area contributed by atoms with Crippen molar-refractivity contribution in [1.82, 2.24) is 4.98 Å². The van der Waals surface area contributed by atoms with Crippen molar-refractivity contribution in [3.05, 3.63) is 82.5 Å². The van der Waals surface area contributed by atoms with Crippen LogP contribution in [0.4, 0.5) is 17.2 Å². The minimum Gasteiger partial charge on any atom is -0.374 e. The minimum atomic E-state index is -0.498. The minimum absolute atomic E-state index is 0.231. The molecule has 8 heteroatoms. The molecule has 1 unspecified atom stereocenters. The second-order valence-corrected chi connectivity index (χ2v) is 7.13. The Morgan fingerprint density at radius 1 is 0.828 bits per heavy atom. The van der Waals surface area contributed by atoms with E-state index in [-0.39, 0.29) is 11.8 Å². The molecule has 0 aliphatic carbocycles. The number of carbonyl (C=O) groups is 2. The molecule has 29 heavy (non-hydrogen) atoms. The highest BCUT2D eigenvalue weighted by Gasteiger charge is 2.13. The molecule has 2 amide bonds. The lowest BCUT2D eigenvalue weighted by Gasteiger charge is -2.15. The van der Waals surface area contributed by atoms with Crippen molar-refractivity contribution in [2.45, 2.75) is 13.0 Å². The lowest BCUT2D eigenvalue weighted by Crippen LogP contribution is -2.32. The summed E-state index contributed by atoms with van der Waals surface area (Å²) in [6.07, 6.45) is 1.46. The summed E-state index contributed by atoms with van der Waals surface area (Å²) in [5, 5.41) is 9.69. The predicted molar refractivity (Wildman–Crippen MR) is 117 cm³/mol. The third-order valence-electron chi connectivity index (χ3n) is 4.00. The third-order valence-corrected chi connectivity index (χ3v) is 4.48. The highest BCUT2D eigenvalue weighted by molar-refractivity contribution is 6.30. The van der Waals surface area contributed by atoms with Gasteiger partial charge in [-0.3, -0.25) is 9.59 Å². The topological polar surface area (TPSA) is 83.1 Å². The highest BCUT2D eigenvalue weighted by atomic mass is 35.5. The van der Waals surface area contributed by atoms with Crippen LogP contribution in [-0.2, 0) is 4.79 Å². The van der Waals surface area contributed by atoms with Gasteiger partial charge in [-0.2, -0.15) is 0 Å². The van der Waals surface area contributed by atoms with Gasteiger partial charge in [-0.1, -0.05) is 23.2 Å². The van der Waals surface area contributed by atoms with Gasteiger partial charge in [-0.15, -0.1) is 0 Å². The Bertz CT molecular complexity index is 991. The van der Waals surface area contributed by atoms with E-state index in [0.717, 1.165) is 5.69 Å². The van der Waals surface area contributed by atoms with Crippen molar-refractivity contribution in [2.75, 3.05) is 16.0 Å². The van der Waals surface area contributed by atoms with E-state index < -0.39 is 6.04 Å². The van der Waals surface area contributed by atoms with E-state index in [1.54, 1.807) is 67.6 Å². The number of carbonyl (C=O) groups excluding carboxylic acids is 2. The van der Waals surface area contributed by atoms with Gasteiger partial charge in [0.15, 0.2) is 0 Å². The molecule has 0 radical (unpaired) electrons. The van der Waals surface area contributed by atoms with E-state index in [0.29, 0.717) is 27.1 Å². The van der Waals surface area contributed by atoms with Crippen LogP contribution in [0.1, 0.15) is 17.3 Å². The first-order chi connectivity index (χ1) is 13.9. The van der Waals surface area contributed by atoms with Crippen LogP contribution in [0.25, 0.3) is 0 Å². The zero-order chi connectivity index (χ0) is 20.8. The van der Waals surface area contributed by atoms with Gasteiger partial charge in [0, 0.05) is 28.2 Å². The van der Waals surface area contributed by atoms with Gasteiger partial charge in [-0.05, 0) is 67.6 Å². The molecule has 0 saturated heterocycles. The Hall–Kier alpha value is -3.09. The normalized spacial score (nSPS) is 11.4. The molecule has 3 N–H and O–H groups in total. The molecule has 1 aromatic heterocycles. The quantitative estimate of drug-likeness (QED) is 0.510. The van der Waals surface area contributed by atoms with Crippen LogP contribution in [0.15, 0.2) is 66.9 Å². The fourth-order valence-corrected chi connectivity index (χ4v) is 2.69. The number of hydrogen-bond acceptors (Lipinski definition) is 4. The van der Waals surface area contributed by atoms with E-state index in [9.17, 15) is 9.59 Å². The smallest absolute Gasteiger partial charge is 0.255 e. The molecule has 2 aromatic carbocycles. The molecule has 1 atom stereocenters. The molecule has 3 rings (SSSR count). The van der Waals surface area contributed by atoms with Crippen LogP contribution in [0.2, 0.25) is 10.0 Å². The van der Waals surface area contributed by atoms with E-state index in [2.05, 4.69) is 20.9 Å². The predicted octanol–water partition coefficient (Wildman–Crippen LogP) is 5.08. The number of nitrogens with zero attached hydrogens (tertiary/aromatic N) is 1. The van der Waals surface area contributed by atoms with E-state index in [4.69, 9.17) is 23.2 Å². The molecule has 0 saturated carbocycles. The third kappa shape index (κ3) is 5.94. The van der Waals surface area contributed by atoms with Crippen molar-refractivity contribution in [2.24, 2.45) is 0 Å². The molecule has 0 aliphatic heterocycles. The number of benzene rings is 2. The molecule has 1 heterocycles. The van der Waals surface area contributed by atoms with Crippen LogP contribution in [0.3, 0.4) is 0 Å². The molecular weight excluding hydrogens is 411 g/mol.